The highest BCUT2D eigenvalue weighted by atomic mass is 79.9. The number of alkyl halides is 3. The minimum Gasteiger partial charge on any atom is -0.281 e. The van der Waals surface area contributed by atoms with E-state index in [-0.39, 0.29) is 12.8 Å². The van der Waals surface area contributed by atoms with E-state index >= 15 is 0 Å². The summed E-state index contributed by atoms with van der Waals surface area (Å²) in [5, 5.41) is 14.7. The number of hydrogen-bond donors (Lipinski definition) is 1. The Bertz CT molecular complexity index is 1410. The fourth-order valence-corrected chi connectivity index (χ4v) is 6.36. The molecule has 9 heteroatoms. The minimum atomic E-state index is -4.03. The van der Waals surface area contributed by atoms with Crippen molar-refractivity contribution in [2.45, 2.75) is 75.9 Å². The Hall–Kier alpha value is -1.87. The number of aromatic nitrogens is 4. The van der Waals surface area contributed by atoms with Gasteiger partial charge in [-0.1, -0.05) is 31.9 Å². The molecule has 2 aromatic carbocycles. The Kier molecular flexibility index (Phi) is 6.88. The summed E-state index contributed by atoms with van der Waals surface area (Å²) in [6.07, 6.45) is 2.80. The van der Waals surface area contributed by atoms with Crippen LogP contribution in [0.1, 0.15) is 74.6 Å². The molecule has 0 radical (unpaired) electrons. The number of nitrogens with zero attached hydrogens (tertiary/aromatic N) is 3. The van der Waals surface area contributed by atoms with E-state index in [9.17, 15) is 13.2 Å². The number of halogens is 5. The van der Waals surface area contributed by atoms with Gasteiger partial charge in [-0.25, -0.2) is 0 Å². The van der Waals surface area contributed by atoms with E-state index in [4.69, 9.17) is 5.10 Å². The summed E-state index contributed by atoms with van der Waals surface area (Å²) >= 11 is 6.93. The maximum Gasteiger partial charge on any atom is 0.391 e. The highest BCUT2D eigenvalue weighted by Crippen LogP contribution is 2.45. The summed E-state index contributed by atoms with van der Waals surface area (Å²) in [4.78, 5) is 0. The van der Waals surface area contributed by atoms with Gasteiger partial charge in [0.05, 0.1) is 17.0 Å². The molecule has 3 fully saturated rings. The lowest BCUT2D eigenvalue weighted by atomic mass is 9.81. The summed E-state index contributed by atoms with van der Waals surface area (Å²) in [7, 11) is 0. The van der Waals surface area contributed by atoms with Gasteiger partial charge < -0.3 is 0 Å². The fraction of sp³-hybridized carbons (Fsp3) is 0.500. The Morgan fingerprint density at radius 1 is 0.811 bits per heavy atom. The largest absolute Gasteiger partial charge is 0.391 e. The Morgan fingerprint density at radius 2 is 1.43 bits per heavy atom. The highest BCUT2D eigenvalue weighted by Gasteiger charge is 2.41. The summed E-state index contributed by atoms with van der Waals surface area (Å²) in [6, 6.07) is 12.4. The third-order valence-corrected chi connectivity index (χ3v) is 8.97. The normalized spacial score (nSPS) is 22.3. The summed E-state index contributed by atoms with van der Waals surface area (Å²) in [6.45, 7) is 0.753. The van der Waals surface area contributed by atoms with Crippen LogP contribution in [0.3, 0.4) is 0 Å². The van der Waals surface area contributed by atoms with Gasteiger partial charge in [-0.05, 0) is 93.7 Å². The van der Waals surface area contributed by atoms with Crippen molar-refractivity contribution < 1.29 is 13.2 Å². The molecule has 0 spiro atoms. The standard InChI is InChI=1S/C18H20BrF3N2.C10H9BrN2/c19-14-7-8-15-16(9-14)23-24(17(15)12-3-4-12)10-11-1-5-13(6-2-11)18(20,21)22;11-7-3-4-8-9(5-7)12-13-10(8)6-1-2-6/h7-9,11-13H,1-6,10H2;3-6H,1-2H2,(H,12,13). The number of aromatic amines is 1. The molecule has 7 rings (SSSR count). The van der Waals surface area contributed by atoms with Gasteiger partial charge in [-0.3, -0.25) is 9.78 Å². The van der Waals surface area contributed by atoms with Crippen LogP contribution >= 0.6 is 31.9 Å². The topological polar surface area (TPSA) is 46.5 Å². The summed E-state index contributed by atoms with van der Waals surface area (Å²) in [5.74, 6) is 0.511. The van der Waals surface area contributed by atoms with Crippen molar-refractivity contribution in [3.05, 3.63) is 56.7 Å². The number of H-pyrrole nitrogens is 1. The lowest BCUT2D eigenvalue weighted by Gasteiger charge is -2.30. The van der Waals surface area contributed by atoms with Crippen LogP contribution in [0.15, 0.2) is 45.3 Å². The number of nitrogens with one attached hydrogen (secondary N) is 1. The van der Waals surface area contributed by atoms with Gasteiger partial charge in [0.1, 0.15) is 0 Å². The van der Waals surface area contributed by atoms with Gasteiger partial charge in [0, 0.05) is 49.5 Å². The van der Waals surface area contributed by atoms with E-state index in [2.05, 4.69) is 71.0 Å². The molecule has 4 aromatic rings. The van der Waals surface area contributed by atoms with E-state index < -0.39 is 12.1 Å². The van der Waals surface area contributed by atoms with Gasteiger partial charge in [0.2, 0.25) is 0 Å². The average Bonchev–Trinajstić information content (AvgIpc) is 3.79. The molecule has 0 saturated heterocycles. The van der Waals surface area contributed by atoms with Crippen LogP contribution in [0.2, 0.25) is 0 Å². The van der Waals surface area contributed by atoms with E-state index in [1.54, 1.807) is 0 Å². The predicted molar refractivity (Wildman–Crippen MR) is 147 cm³/mol. The van der Waals surface area contributed by atoms with Gasteiger partial charge in [0.25, 0.3) is 0 Å². The van der Waals surface area contributed by atoms with Crippen LogP contribution in [0.25, 0.3) is 21.8 Å². The third kappa shape index (κ3) is 5.63. The SMILES string of the molecule is Brc1ccc2c(C3CC3)[nH]nc2c1.FC(F)(F)C1CCC(Cn2nc3cc(Br)ccc3c2C2CC2)CC1. The van der Waals surface area contributed by atoms with Crippen molar-refractivity contribution in [1.29, 1.82) is 0 Å². The minimum absolute atomic E-state index is 0.263. The number of benzene rings is 2. The predicted octanol–water partition coefficient (Wildman–Crippen LogP) is 9.25. The summed E-state index contributed by atoms with van der Waals surface area (Å²) in [5.41, 5.74) is 4.66. The number of hydrogen-bond acceptors (Lipinski definition) is 2. The number of fused-ring (bicyclic) bond motifs is 2. The van der Waals surface area contributed by atoms with Gasteiger partial charge in [0.15, 0.2) is 0 Å². The zero-order chi connectivity index (χ0) is 25.7. The van der Waals surface area contributed by atoms with E-state index in [0.717, 1.165) is 32.4 Å². The summed E-state index contributed by atoms with van der Waals surface area (Å²) < 4.78 is 42.7. The third-order valence-electron chi connectivity index (χ3n) is 7.98. The van der Waals surface area contributed by atoms with Crippen molar-refractivity contribution in [1.82, 2.24) is 20.0 Å². The number of rotatable bonds is 4. The van der Waals surface area contributed by atoms with Crippen LogP contribution in [-0.4, -0.2) is 26.2 Å². The molecule has 2 aromatic heterocycles. The smallest absolute Gasteiger partial charge is 0.281 e. The highest BCUT2D eigenvalue weighted by molar-refractivity contribution is 9.10. The first kappa shape index (κ1) is 25.4. The van der Waals surface area contributed by atoms with E-state index in [1.165, 1.54) is 47.8 Å². The molecular formula is C28H29Br2F3N4. The van der Waals surface area contributed by atoms with E-state index in [1.807, 2.05) is 12.1 Å². The lowest BCUT2D eigenvalue weighted by Crippen LogP contribution is -2.29. The molecule has 4 nitrogen and oxygen atoms in total. The molecule has 0 atom stereocenters. The maximum atomic E-state index is 12.8. The first-order valence-corrected chi connectivity index (χ1v) is 14.7. The zero-order valence-corrected chi connectivity index (χ0v) is 23.5. The van der Waals surface area contributed by atoms with Crippen LogP contribution < -0.4 is 0 Å². The van der Waals surface area contributed by atoms with Gasteiger partial charge >= 0.3 is 6.18 Å². The molecule has 37 heavy (non-hydrogen) atoms. The second kappa shape index (κ2) is 10.0. The van der Waals surface area contributed by atoms with Crippen LogP contribution in [0.5, 0.6) is 0 Å². The van der Waals surface area contributed by atoms with Crippen molar-refractivity contribution >= 4 is 53.7 Å². The van der Waals surface area contributed by atoms with Crippen molar-refractivity contribution in [3.63, 3.8) is 0 Å². The first-order valence-electron chi connectivity index (χ1n) is 13.1. The average molecular weight is 638 g/mol. The molecule has 1 N–H and O–H groups in total. The molecular weight excluding hydrogens is 609 g/mol. The van der Waals surface area contributed by atoms with Gasteiger partial charge in [-0.15, -0.1) is 0 Å². The van der Waals surface area contributed by atoms with Crippen molar-refractivity contribution in [2.75, 3.05) is 0 Å². The second-order valence-electron chi connectivity index (χ2n) is 10.8. The molecule has 2 heterocycles. The zero-order valence-electron chi connectivity index (χ0n) is 20.4. The molecule has 0 aliphatic heterocycles. The molecule has 196 valence electrons. The monoisotopic (exact) mass is 636 g/mol. The first-order chi connectivity index (χ1) is 17.8. The van der Waals surface area contributed by atoms with Crippen LogP contribution in [-0.2, 0) is 6.54 Å². The second-order valence-corrected chi connectivity index (χ2v) is 12.7. The molecule has 0 unspecified atom stereocenters. The molecule has 0 bridgehead atoms. The van der Waals surface area contributed by atoms with Crippen LogP contribution in [0.4, 0.5) is 13.2 Å². The van der Waals surface area contributed by atoms with Crippen LogP contribution in [0, 0.1) is 11.8 Å². The Labute approximate surface area is 230 Å². The molecule has 0 amide bonds. The molecule has 3 saturated carbocycles. The van der Waals surface area contributed by atoms with E-state index in [0.29, 0.717) is 24.7 Å². The fourth-order valence-electron chi connectivity index (χ4n) is 5.66. The maximum absolute atomic E-state index is 12.8. The molecule has 3 aliphatic carbocycles. The molecule has 3 aliphatic rings. The lowest BCUT2D eigenvalue weighted by molar-refractivity contribution is -0.184. The Balaban J connectivity index is 0.000000162. The quantitative estimate of drug-likeness (QED) is 0.242. The van der Waals surface area contributed by atoms with Crippen molar-refractivity contribution in [3.8, 4) is 0 Å². The van der Waals surface area contributed by atoms with Gasteiger partial charge in [-0.2, -0.15) is 23.4 Å². The van der Waals surface area contributed by atoms with Crippen molar-refractivity contribution in [2.24, 2.45) is 11.8 Å². The Morgan fingerprint density at radius 3 is 2.05 bits per heavy atom.